The van der Waals surface area contributed by atoms with Crippen LogP contribution in [0.5, 0.6) is 0 Å². The zero-order valence-electron chi connectivity index (χ0n) is 12.6. The zero-order valence-corrected chi connectivity index (χ0v) is 12.6. The molecule has 1 aromatic heterocycles. The molecule has 9 heteroatoms. The molecule has 2 rings (SSSR count). The van der Waals surface area contributed by atoms with E-state index < -0.39 is 34.9 Å². The summed E-state index contributed by atoms with van der Waals surface area (Å²) in [4.78, 5) is 36.4. The SMILES string of the molecule is C[C@@H](NC(=O)Cn1ccc(=O)[nH]c1=O)c1cccc(C(F)(F)F)c1. The summed E-state index contributed by atoms with van der Waals surface area (Å²) in [5, 5.41) is 2.51. The van der Waals surface area contributed by atoms with E-state index in [4.69, 9.17) is 0 Å². The Morgan fingerprint density at radius 3 is 2.62 bits per heavy atom. The lowest BCUT2D eigenvalue weighted by Crippen LogP contribution is -2.36. The van der Waals surface area contributed by atoms with Crippen LogP contribution in [0.3, 0.4) is 0 Å². The van der Waals surface area contributed by atoms with E-state index in [0.717, 1.165) is 29.0 Å². The van der Waals surface area contributed by atoms with E-state index in [1.54, 1.807) is 0 Å². The van der Waals surface area contributed by atoms with Crippen molar-refractivity contribution in [1.82, 2.24) is 14.9 Å². The number of hydrogen-bond donors (Lipinski definition) is 2. The molecule has 1 heterocycles. The molecule has 0 aliphatic carbocycles. The topological polar surface area (TPSA) is 84.0 Å². The van der Waals surface area contributed by atoms with Crippen molar-refractivity contribution in [3.63, 3.8) is 0 Å². The third-order valence-electron chi connectivity index (χ3n) is 3.30. The molecule has 1 amide bonds. The maximum Gasteiger partial charge on any atom is 0.416 e. The number of carbonyl (C=O) groups excluding carboxylic acids is 1. The van der Waals surface area contributed by atoms with Gasteiger partial charge in [0, 0.05) is 12.3 Å². The quantitative estimate of drug-likeness (QED) is 0.882. The minimum absolute atomic E-state index is 0.284. The van der Waals surface area contributed by atoms with Crippen molar-refractivity contribution in [1.29, 1.82) is 0 Å². The van der Waals surface area contributed by atoms with E-state index in [2.05, 4.69) is 5.32 Å². The van der Waals surface area contributed by atoms with Crippen LogP contribution in [0.2, 0.25) is 0 Å². The number of halogens is 3. The van der Waals surface area contributed by atoms with Crippen LogP contribution in [0, 0.1) is 0 Å². The molecule has 0 bridgehead atoms. The molecular formula is C15H14F3N3O3. The zero-order chi connectivity index (χ0) is 17.9. The molecule has 1 aromatic carbocycles. The Morgan fingerprint density at radius 1 is 1.29 bits per heavy atom. The monoisotopic (exact) mass is 341 g/mol. The van der Waals surface area contributed by atoms with Crippen molar-refractivity contribution in [3.8, 4) is 0 Å². The number of nitrogens with one attached hydrogen (secondary N) is 2. The summed E-state index contributed by atoms with van der Waals surface area (Å²) in [5.41, 5.74) is -1.86. The minimum Gasteiger partial charge on any atom is -0.348 e. The molecule has 2 N–H and O–H groups in total. The lowest BCUT2D eigenvalue weighted by Gasteiger charge is -2.16. The van der Waals surface area contributed by atoms with Crippen molar-refractivity contribution in [2.75, 3.05) is 0 Å². The summed E-state index contributed by atoms with van der Waals surface area (Å²) in [6.07, 6.45) is -3.31. The number of alkyl halides is 3. The van der Waals surface area contributed by atoms with Crippen LogP contribution in [0.1, 0.15) is 24.1 Å². The van der Waals surface area contributed by atoms with Crippen molar-refractivity contribution >= 4 is 5.91 Å². The summed E-state index contributed by atoms with van der Waals surface area (Å²) in [6.45, 7) is 1.17. The van der Waals surface area contributed by atoms with Crippen LogP contribution >= 0.6 is 0 Å². The summed E-state index contributed by atoms with van der Waals surface area (Å²) < 4.78 is 39.1. The average molecular weight is 341 g/mol. The molecular weight excluding hydrogens is 327 g/mol. The van der Waals surface area contributed by atoms with Crippen molar-refractivity contribution in [3.05, 3.63) is 68.5 Å². The highest BCUT2D eigenvalue weighted by Gasteiger charge is 2.30. The fourth-order valence-corrected chi connectivity index (χ4v) is 2.08. The van der Waals surface area contributed by atoms with Crippen LogP contribution in [0.25, 0.3) is 0 Å². The summed E-state index contributed by atoms with van der Waals surface area (Å²) in [5.74, 6) is -0.575. The van der Waals surface area contributed by atoms with Gasteiger partial charge in [0.05, 0.1) is 11.6 Å². The molecule has 0 spiro atoms. The second-order valence-electron chi connectivity index (χ2n) is 5.15. The van der Waals surface area contributed by atoms with E-state index in [0.29, 0.717) is 0 Å². The number of aromatic amines is 1. The van der Waals surface area contributed by atoms with Gasteiger partial charge in [0.2, 0.25) is 5.91 Å². The van der Waals surface area contributed by atoms with Gasteiger partial charge in [-0.05, 0) is 24.6 Å². The minimum atomic E-state index is -4.47. The summed E-state index contributed by atoms with van der Waals surface area (Å²) in [6, 6.07) is 5.03. The number of nitrogens with zero attached hydrogens (tertiary/aromatic N) is 1. The van der Waals surface area contributed by atoms with Gasteiger partial charge in [0.15, 0.2) is 0 Å². The van der Waals surface area contributed by atoms with Crippen LogP contribution in [-0.2, 0) is 17.5 Å². The normalized spacial score (nSPS) is 12.7. The fourth-order valence-electron chi connectivity index (χ4n) is 2.08. The van der Waals surface area contributed by atoms with Crippen LogP contribution in [0.15, 0.2) is 46.1 Å². The van der Waals surface area contributed by atoms with Gasteiger partial charge in [0.1, 0.15) is 6.54 Å². The van der Waals surface area contributed by atoms with Crippen LogP contribution in [0.4, 0.5) is 13.2 Å². The molecule has 0 aliphatic heterocycles. The van der Waals surface area contributed by atoms with Crippen molar-refractivity contribution < 1.29 is 18.0 Å². The van der Waals surface area contributed by atoms with E-state index in [1.807, 2.05) is 4.98 Å². The Labute approximate surface area is 133 Å². The Hall–Kier alpha value is -2.84. The maximum atomic E-state index is 12.7. The van der Waals surface area contributed by atoms with Gasteiger partial charge < -0.3 is 5.32 Å². The number of rotatable bonds is 4. The Kier molecular flexibility index (Phi) is 4.91. The molecule has 0 aliphatic rings. The highest BCUT2D eigenvalue weighted by atomic mass is 19.4. The van der Waals surface area contributed by atoms with Gasteiger partial charge in [-0.3, -0.25) is 19.1 Å². The molecule has 128 valence electrons. The molecule has 24 heavy (non-hydrogen) atoms. The maximum absolute atomic E-state index is 12.7. The lowest BCUT2D eigenvalue weighted by atomic mass is 10.0. The largest absolute Gasteiger partial charge is 0.416 e. The third kappa shape index (κ3) is 4.34. The first-order chi connectivity index (χ1) is 11.2. The average Bonchev–Trinajstić information content (AvgIpc) is 2.49. The van der Waals surface area contributed by atoms with Gasteiger partial charge >= 0.3 is 11.9 Å². The second-order valence-corrected chi connectivity index (χ2v) is 5.15. The molecule has 0 radical (unpaired) electrons. The van der Waals surface area contributed by atoms with Crippen LogP contribution < -0.4 is 16.6 Å². The predicted molar refractivity (Wildman–Crippen MR) is 79.3 cm³/mol. The smallest absolute Gasteiger partial charge is 0.348 e. The van der Waals surface area contributed by atoms with E-state index >= 15 is 0 Å². The Morgan fingerprint density at radius 2 is 2.00 bits per heavy atom. The number of H-pyrrole nitrogens is 1. The molecule has 6 nitrogen and oxygen atoms in total. The number of aromatic nitrogens is 2. The fraction of sp³-hybridized carbons (Fsp3) is 0.267. The standard InChI is InChI=1S/C15H14F3N3O3/c1-9(10-3-2-4-11(7-10)15(16,17)18)19-13(23)8-21-6-5-12(22)20-14(21)24/h2-7,9H,8H2,1H3,(H,19,23)(H,20,22,24)/t9-/m1/s1. The summed E-state index contributed by atoms with van der Waals surface area (Å²) >= 11 is 0. The predicted octanol–water partition coefficient (Wildman–Crippen LogP) is 1.43. The van der Waals surface area contributed by atoms with E-state index in [1.165, 1.54) is 19.1 Å². The highest BCUT2D eigenvalue weighted by molar-refractivity contribution is 5.76. The van der Waals surface area contributed by atoms with Crippen molar-refractivity contribution in [2.24, 2.45) is 0 Å². The molecule has 0 unspecified atom stereocenters. The Balaban J connectivity index is 2.09. The first-order valence-corrected chi connectivity index (χ1v) is 6.93. The van der Waals surface area contributed by atoms with Gasteiger partial charge in [0.25, 0.3) is 5.56 Å². The first-order valence-electron chi connectivity index (χ1n) is 6.93. The van der Waals surface area contributed by atoms with Crippen molar-refractivity contribution in [2.45, 2.75) is 25.7 Å². The molecule has 1 atom stereocenters. The number of amides is 1. The van der Waals surface area contributed by atoms with Gasteiger partial charge in [-0.2, -0.15) is 13.2 Å². The van der Waals surface area contributed by atoms with Gasteiger partial charge in [-0.25, -0.2) is 4.79 Å². The number of benzene rings is 1. The Bertz CT molecular complexity index is 855. The third-order valence-corrected chi connectivity index (χ3v) is 3.30. The number of carbonyl (C=O) groups is 1. The molecule has 0 fully saturated rings. The molecule has 2 aromatic rings. The van der Waals surface area contributed by atoms with Crippen LogP contribution in [-0.4, -0.2) is 15.5 Å². The summed E-state index contributed by atoms with van der Waals surface area (Å²) in [7, 11) is 0. The molecule has 0 saturated heterocycles. The molecule has 0 saturated carbocycles. The van der Waals surface area contributed by atoms with E-state index in [-0.39, 0.29) is 12.1 Å². The van der Waals surface area contributed by atoms with Gasteiger partial charge in [-0.15, -0.1) is 0 Å². The first kappa shape index (κ1) is 17.5. The van der Waals surface area contributed by atoms with E-state index in [9.17, 15) is 27.6 Å². The lowest BCUT2D eigenvalue weighted by molar-refractivity contribution is -0.137. The van der Waals surface area contributed by atoms with Gasteiger partial charge in [-0.1, -0.05) is 12.1 Å². The number of hydrogen-bond acceptors (Lipinski definition) is 3. The highest BCUT2D eigenvalue weighted by Crippen LogP contribution is 2.30. The second kappa shape index (κ2) is 6.73.